The average molecular weight is 306 g/mol. The molecule has 0 saturated carbocycles. The van der Waals surface area contributed by atoms with Crippen molar-refractivity contribution >= 4 is 5.91 Å². The van der Waals surface area contributed by atoms with Crippen molar-refractivity contribution in [3.05, 3.63) is 23.0 Å². The monoisotopic (exact) mass is 306 g/mol. The molecule has 1 fully saturated rings. The van der Waals surface area contributed by atoms with E-state index in [-0.39, 0.29) is 17.9 Å². The molecule has 0 radical (unpaired) electrons. The van der Waals surface area contributed by atoms with E-state index in [0.717, 1.165) is 49.3 Å². The van der Waals surface area contributed by atoms with Crippen LogP contribution in [0, 0.1) is 19.3 Å². The quantitative estimate of drug-likeness (QED) is 0.927. The van der Waals surface area contributed by atoms with Crippen LogP contribution in [-0.2, 0) is 0 Å². The Labute approximate surface area is 134 Å². The highest BCUT2D eigenvalue weighted by Gasteiger charge is 2.34. The summed E-state index contributed by atoms with van der Waals surface area (Å²) in [6.07, 6.45) is 2.77. The van der Waals surface area contributed by atoms with E-state index in [0.29, 0.717) is 6.04 Å². The lowest BCUT2D eigenvalue weighted by Gasteiger charge is -2.40. The second-order valence-corrected chi connectivity index (χ2v) is 7.05. The van der Waals surface area contributed by atoms with Gasteiger partial charge in [-0.3, -0.25) is 4.79 Å². The van der Waals surface area contributed by atoms with E-state index in [2.05, 4.69) is 32.3 Å². The van der Waals surface area contributed by atoms with Crippen LogP contribution in [0.5, 0.6) is 0 Å². The van der Waals surface area contributed by atoms with Crippen molar-refractivity contribution in [3.63, 3.8) is 0 Å². The SMILES string of the molecule is CCC1(CO)CCN(C(=O)c2cc(C)n(C(C)C)c2C)CC1. The summed E-state index contributed by atoms with van der Waals surface area (Å²) in [7, 11) is 0. The molecule has 22 heavy (non-hydrogen) atoms. The lowest BCUT2D eigenvalue weighted by atomic mass is 9.77. The fourth-order valence-electron chi connectivity index (χ4n) is 3.77. The van der Waals surface area contributed by atoms with Crippen LogP contribution < -0.4 is 0 Å². The molecule has 2 rings (SSSR count). The third-order valence-corrected chi connectivity index (χ3v) is 5.43. The second-order valence-electron chi connectivity index (χ2n) is 7.05. The van der Waals surface area contributed by atoms with Gasteiger partial charge in [-0.25, -0.2) is 0 Å². The summed E-state index contributed by atoms with van der Waals surface area (Å²) < 4.78 is 2.22. The van der Waals surface area contributed by atoms with Crippen molar-refractivity contribution in [1.29, 1.82) is 0 Å². The van der Waals surface area contributed by atoms with E-state index in [4.69, 9.17) is 0 Å². The van der Waals surface area contributed by atoms with Gasteiger partial charge < -0.3 is 14.6 Å². The highest BCUT2D eigenvalue weighted by molar-refractivity contribution is 5.95. The minimum Gasteiger partial charge on any atom is -0.396 e. The summed E-state index contributed by atoms with van der Waals surface area (Å²) >= 11 is 0. The van der Waals surface area contributed by atoms with Gasteiger partial charge >= 0.3 is 0 Å². The number of piperidine rings is 1. The van der Waals surface area contributed by atoms with Gasteiger partial charge in [-0.15, -0.1) is 0 Å². The number of amides is 1. The summed E-state index contributed by atoms with van der Waals surface area (Å²) in [5.74, 6) is 0.141. The first-order valence-corrected chi connectivity index (χ1v) is 8.44. The Morgan fingerprint density at radius 1 is 1.32 bits per heavy atom. The second kappa shape index (κ2) is 6.45. The van der Waals surface area contributed by atoms with Gasteiger partial charge in [0, 0.05) is 37.1 Å². The van der Waals surface area contributed by atoms with Gasteiger partial charge in [0.2, 0.25) is 0 Å². The number of aliphatic hydroxyl groups is 1. The van der Waals surface area contributed by atoms with Gasteiger partial charge in [-0.1, -0.05) is 6.92 Å². The molecule has 0 spiro atoms. The number of hydrogen-bond donors (Lipinski definition) is 1. The van der Waals surface area contributed by atoms with E-state index < -0.39 is 0 Å². The molecule has 124 valence electrons. The average Bonchev–Trinajstić information content (AvgIpc) is 2.81. The molecule has 2 heterocycles. The van der Waals surface area contributed by atoms with Gasteiger partial charge in [0.05, 0.1) is 5.56 Å². The number of rotatable bonds is 4. The lowest BCUT2D eigenvalue weighted by molar-refractivity contribution is 0.0337. The highest BCUT2D eigenvalue weighted by atomic mass is 16.3. The zero-order valence-electron chi connectivity index (χ0n) is 14.6. The van der Waals surface area contributed by atoms with Gasteiger partial charge in [0.25, 0.3) is 5.91 Å². The Balaban J connectivity index is 2.16. The third kappa shape index (κ3) is 2.94. The van der Waals surface area contributed by atoms with E-state index in [1.165, 1.54) is 0 Å². The van der Waals surface area contributed by atoms with Gasteiger partial charge in [0.15, 0.2) is 0 Å². The number of carbonyl (C=O) groups excluding carboxylic acids is 1. The first kappa shape index (κ1) is 17.1. The molecule has 1 aromatic heterocycles. The van der Waals surface area contributed by atoms with Crippen molar-refractivity contribution in [1.82, 2.24) is 9.47 Å². The molecular weight excluding hydrogens is 276 g/mol. The van der Waals surface area contributed by atoms with Crippen LogP contribution in [-0.4, -0.2) is 40.2 Å². The van der Waals surface area contributed by atoms with Crippen LogP contribution in [0.1, 0.15) is 67.8 Å². The summed E-state index contributed by atoms with van der Waals surface area (Å²) in [5, 5.41) is 9.62. The molecule has 1 aliphatic heterocycles. The summed E-state index contributed by atoms with van der Waals surface area (Å²) in [4.78, 5) is 14.8. The van der Waals surface area contributed by atoms with Gasteiger partial charge in [-0.2, -0.15) is 0 Å². The fraction of sp³-hybridized carbons (Fsp3) is 0.722. The molecule has 1 aliphatic rings. The number of hydrogen-bond acceptors (Lipinski definition) is 2. The Bertz CT molecular complexity index is 532. The first-order chi connectivity index (χ1) is 10.3. The topological polar surface area (TPSA) is 45.5 Å². The third-order valence-electron chi connectivity index (χ3n) is 5.43. The molecular formula is C18H30N2O2. The molecule has 1 amide bonds. The van der Waals surface area contributed by atoms with Crippen LogP contribution in [0.15, 0.2) is 6.07 Å². The molecule has 0 aliphatic carbocycles. The molecule has 1 saturated heterocycles. The van der Waals surface area contributed by atoms with Crippen molar-refractivity contribution < 1.29 is 9.90 Å². The van der Waals surface area contributed by atoms with Gasteiger partial charge in [0.1, 0.15) is 0 Å². The fourth-order valence-corrected chi connectivity index (χ4v) is 3.77. The van der Waals surface area contributed by atoms with E-state index in [1.54, 1.807) is 0 Å². The summed E-state index contributed by atoms with van der Waals surface area (Å²) in [5.41, 5.74) is 3.06. The number of carbonyl (C=O) groups is 1. The molecule has 0 aromatic carbocycles. The molecule has 1 aromatic rings. The normalized spacial score (nSPS) is 18.0. The maximum absolute atomic E-state index is 12.8. The highest BCUT2D eigenvalue weighted by Crippen LogP contribution is 2.35. The summed E-state index contributed by atoms with van der Waals surface area (Å²) in [6.45, 7) is 12.2. The van der Waals surface area contributed by atoms with Crippen LogP contribution in [0.2, 0.25) is 0 Å². The summed E-state index contributed by atoms with van der Waals surface area (Å²) in [6, 6.07) is 2.39. The molecule has 0 unspecified atom stereocenters. The standard InChI is InChI=1S/C18H30N2O2/c1-6-18(12-21)7-9-19(10-8-18)17(22)16-11-14(4)20(13(2)3)15(16)5/h11,13,21H,6-10,12H2,1-5H3. The molecule has 1 N–H and O–H groups in total. The molecule has 4 nitrogen and oxygen atoms in total. The maximum atomic E-state index is 12.8. The van der Waals surface area contributed by atoms with Crippen LogP contribution in [0.4, 0.5) is 0 Å². The number of aliphatic hydroxyl groups excluding tert-OH is 1. The maximum Gasteiger partial charge on any atom is 0.255 e. The Morgan fingerprint density at radius 3 is 2.32 bits per heavy atom. The van der Waals surface area contributed by atoms with Crippen LogP contribution in [0.3, 0.4) is 0 Å². The van der Waals surface area contributed by atoms with E-state index in [1.807, 2.05) is 17.9 Å². The largest absolute Gasteiger partial charge is 0.396 e. The molecule has 4 heteroatoms. The Hall–Kier alpha value is -1.29. The predicted molar refractivity (Wildman–Crippen MR) is 89.2 cm³/mol. The number of nitrogens with zero attached hydrogens (tertiary/aromatic N) is 2. The molecule has 0 bridgehead atoms. The van der Waals surface area contributed by atoms with Gasteiger partial charge in [-0.05, 0) is 58.4 Å². The van der Waals surface area contributed by atoms with Crippen molar-refractivity contribution in [2.75, 3.05) is 19.7 Å². The zero-order valence-corrected chi connectivity index (χ0v) is 14.6. The van der Waals surface area contributed by atoms with E-state index in [9.17, 15) is 9.90 Å². The minimum atomic E-state index is 0.0194. The van der Waals surface area contributed by atoms with Crippen LogP contribution in [0.25, 0.3) is 0 Å². The number of aromatic nitrogens is 1. The Morgan fingerprint density at radius 2 is 1.91 bits per heavy atom. The minimum absolute atomic E-state index is 0.0194. The number of aryl methyl sites for hydroxylation is 1. The first-order valence-electron chi connectivity index (χ1n) is 8.44. The smallest absolute Gasteiger partial charge is 0.255 e. The van der Waals surface area contributed by atoms with Crippen molar-refractivity contribution in [2.24, 2.45) is 5.41 Å². The van der Waals surface area contributed by atoms with Crippen molar-refractivity contribution in [2.45, 2.75) is 59.9 Å². The zero-order chi connectivity index (χ0) is 16.5. The molecule has 0 atom stereocenters. The predicted octanol–water partition coefficient (Wildman–Crippen LogP) is 3.31. The van der Waals surface area contributed by atoms with E-state index >= 15 is 0 Å². The number of likely N-dealkylation sites (tertiary alicyclic amines) is 1. The Kier molecular flexibility index (Phi) is 5.00. The van der Waals surface area contributed by atoms with Crippen LogP contribution >= 0.6 is 0 Å². The lowest BCUT2D eigenvalue weighted by Crippen LogP contribution is -2.44. The van der Waals surface area contributed by atoms with Crippen molar-refractivity contribution in [3.8, 4) is 0 Å².